The van der Waals surface area contributed by atoms with Gasteiger partial charge >= 0.3 is 0 Å². The number of aromatic nitrogens is 1. The van der Waals surface area contributed by atoms with Gasteiger partial charge in [-0.15, -0.1) is 0 Å². The van der Waals surface area contributed by atoms with Crippen molar-refractivity contribution in [1.82, 2.24) is 5.16 Å². The smallest absolute Gasteiger partial charge is 0.277 e. The van der Waals surface area contributed by atoms with Crippen molar-refractivity contribution in [3.8, 4) is 5.75 Å². The number of ether oxygens (including phenoxy) is 1. The maximum absolute atomic E-state index is 12.1. The normalized spacial score (nSPS) is 14.7. The Labute approximate surface area is 133 Å². The molecular weight excluding hydrogens is 298 g/mol. The van der Waals surface area contributed by atoms with Crippen molar-refractivity contribution in [2.45, 2.75) is 19.3 Å². The molecule has 1 saturated heterocycles. The fraction of sp³-hybridized carbons (Fsp3) is 0.312. The summed E-state index contributed by atoms with van der Waals surface area (Å²) in [5, 5.41) is 6.33. The third kappa shape index (κ3) is 3.18. The van der Waals surface area contributed by atoms with Crippen molar-refractivity contribution < 1.29 is 18.8 Å². The molecule has 7 nitrogen and oxygen atoms in total. The van der Waals surface area contributed by atoms with E-state index in [1.807, 2.05) is 0 Å². The molecule has 1 aromatic heterocycles. The third-order valence-electron chi connectivity index (χ3n) is 3.72. The average molecular weight is 315 g/mol. The summed E-state index contributed by atoms with van der Waals surface area (Å²) in [6.45, 7) is 0.649. The van der Waals surface area contributed by atoms with E-state index >= 15 is 0 Å². The minimum Gasteiger partial charge on any atom is -0.495 e. The molecule has 1 fully saturated rings. The standard InChI is InChI=1S/C16H17N3O4/c1-22-14-6-5-11(17-16(21)12-7-9-23-18-12)10-13(14)19-8-3-2-4-15(19)20/h5-7,9-10H,2-4,8H2,1H3,(H,17,21). The number of carbonyl (C=O) groups excluding carboxylic acids is 2. The van der Waals surface area contributed by atoms with Gasteiger partial charge in [-0.3, -0.25) is 9.59 Å². The van der Waals surface area contributed by atoms with Crippen molar-refractivity contribution in [1.29, 1.82) is 0 Å². The lowest BCUT2D eigenvalue weighted by atomic mass is 10.1. The molecule has 1 N–H and O–H groups in total. The highest BCUT2D eigenvalue weighted by Gasteiger charge is 2.23. The van der Waals surface area contributed by atoms with Crippen molar-refractivity contribution in [3.05, 3.63) is 36.2 Å². The molecule has 2 aromatic rings. The lowest BCUT2D eigenvalue weighted by Crippen LogP contribution is -2.35. The first kappa shape index (κ1) is 15.1. The Morgan fingerprint density at radius 2 is 2.22 bits per heavy atom. The molecule has 1 aliphatic heterocycles. The van der Waals surface area contributed by atoms with E-state index in [9.17, 15) is 9.59 Å². The van der Waals surface area contributed by atoms with E-state index in [1.54, 1.807) is 30.2 Å². The quantitative estimate of drug-likeness (QED) is 0.936. The van der Waals surface area contributed by atoms with Gasteiger partial charge in [0.25, 0.3) is 5.91 Å². The first-order valence-electron chi connectivity index (χ1n) is 7.39. The SMILES string of the molecule is COc1ccc(NC(=O)c2ccon2)cc1N1CCCCC1=O. The molecule has 0 unspecified atom stereocenters. The number of rotatable bonds is 4. The highest BCUT2D eigenvalue weighted by atomic mass is 16.5. The number of hydrogen-bond acceptors (Lipinski definition) is 5. The molecule has 0 atom stereocenters. The van der Waals surface area contributed by atoms with E-state index in [0.717, 1.165) is 12.8 Å². The highest BCUT2D eigenvalue weighted by Crippen LogP contribution is 2.33. The van der Waals surface area contributed by atoms with Crippen molar-refractivity contribution in [3.63, 3.8) is 0 Å². The van der Waals surface area contributed by atoms with E-state index < -0.39 is 0 Å². The van der Waals surface area contributed by atoms with Crippen LogP contribution in [0.25, 0.3) is 0 Å². The van der Waals surface area contributed by atoms with Crippen molar-refractivity contribution in [2.24, 2.45) is 0 Å². The summed E-state index contributed by atoms with van der Waals surface area (Å²) >= 11 is 0. The minimum absolute atomic E-state index is 0.0644. The molecule has 2 heterocycles. The lowest BCUT2D eigenvalue weighted by Gasteiger charge is -2.28. The van der Waals surface area contributed by atoms with Crippen molar-refractivity contribution in [2.75, 3.05) is 23.9 Å². The first-order chi connectivity index (χ1) is 11.2. The summed E-state index contributed by atoms with van der Waals surface area (Å²) in [5.41, 5.74) is 1.42. The fourth-order valence-corrected chi connectivity index (χ4v) is 2.56. The van der Waals surface area contributed by atoms with Gasteiger partial charge in [-0.2, -0.15) is 0 Å². The van der Waals surface area contributed by atoms with E-state index in [-0.39, 0.29) is 17.5 Å². The number of amides is 2. The largest absolute Gasteiger partial charge is 0.495 e. The zero-order valence-electron chi connectivity index (χ0n) is 12.7. The molecule has 2 amide bonds. The van der Waals surface area contributed by atoms with E-state index in [2.05, 4.69) is 15.0 Å². The zero-order chi connectivity index (χ0) is 16.2. The number of nitrogens with one attached hydrogen (secondary N) is 1. The van der Waals surface area contributed by atoms with Crippen LogP contribution in [0.2, 0.25) is 0 Å². The lowest BCUT2D eigenvalue weighted by molar-refractivity contribution is -0.119. The molecule has 0 saturated carbocycles. The molecular formula is C16H17N3O4. The van der Waals surface area contributed by atoms with Gasteiger partial charge in [0.1, 0.15) is 12.0 Å². The predicted octanol–water partition coefficient (Wildman–Crippen LogP) is 2.45. The van der Waals surface area contributed by atoms with Crippen molar-refractivity contribution >= 4 is 23.2 Å². The van der Waals surface area contributed by atoms with Crippen LogP contribution < -0.4 is 15.0 Å². The van der Waals surface area contributed by atoms with Crippen LogP contribution >= 0.6 is 0 Å². The Hall–Kier alpha value is -2.83. The maximum Gasteiger partial charge on any atom is 0.277 e. The van der Waals surface area contributed by atoms with Crippen LogP contribution in [0.4, 0.5) is 11.4 Å². The summed E-state index contributed by atoms with van der Waals surface area (Å²) in [6, 6.07) is 6.67. The molecule has 1 aromatic carbocycles. The Balaban J connectivity index is 1.86. The number of hydrogen-bond donors (Lipinski definition) is 1. The fourth-order valence-electron chi connectivity index (χ4n) is 2.56. The van der Waals surface area contributed by atoms with Crippen LogP contribution in [0, 0.1) is 0 Å². The van der Waals surface area contributed by atoms with Gasteiger partial charge in [0.2, 0.25) is 5.91 Å². The molecule has 0 bridgehead atoms. The van der Waals surface area contributed by atoms with Crippen LogP contribution in [-0.4, -0.2) is 30.6 Å². The second-order valence-electron chi connectivity index (χ2n) is 5.23. The van der Waals surface area contributed by atoms with E-state index in [1.165, 1.54) is 12.3 Å². The third-order valence-corrected chi connectivity index (χ3v) is 3.72. The molecule has 7 heteroatoms. The summed E-state index contributed by atoms with van der Waals surface area (Å²) in [7, 11) is 1.56. The average Bonchev–Trinajstić information content (AvgIpc) is 3.10. The second kappa shape index (κ2) is 6.51. The van der Waals surface area contributed by atoms with E-state index in [0.29, 0.717) is 30.1 Å². The summed E-state index contributed by atoms with van der Waals surface area (Å²) in [6.07, 6.45) is 3.71. The number of benzene rings is 1. The van der Waals surface area contributed by atoms with Gasteiger partial charge in [-0.25, -0.2) is 0 Å². The molecule has 3 rings (SSSR count). The summed E-state index contributed by atoms with van der Waals surface area (Å²) < 4.78 is 10.0. The Morgan fingerprint density at radius 1 is 1.35 bits per heavy atom. The van der Waals surface area contributed by atoms with Crippen LogP contribution in [0.15, 0.2) is 35.1 Å². The second-order valence-corrected chi connectivity index (χ2v) is 5.23. The molecule has 0 radical (unpaired) electrons. The van der Waals surface area contributed by atoms with Crippen LogP contribution in [0.5, 0.6) is 5.75 Å². The predicted molar refractivity (Wildman–Crippen MR) is 83.7 cm³/mol. The Morgan fingerprint density at radius 3 is 2.91 bits per heavy atom. The van der Waals surface area contributed by atoms with Gasteiger partial charge < -0.3 is 19.5 Å². The monoisotopic (exact) mass is 315 g/mol. The Bertz CT molecular complexity index is 712. The molecule has 0 spiro atoms. The summed E-state index contributed by atoms with van der Waals surface area (Å²) in [5.74, 6) is 0.286. The van der Waals surface area contributed by atoms with Gasteiger partial charge in [-0.05, 0) is 31.0 Å². The Kier molecular flexibility index (Phi) is 4.27. The maximum atomic E-state index is 12.1. The molecule has 0 aliphatic carbocycles. The van der Waals surface area contributed by atoms with Crippen LogP contribution in [-0.2, 0) is 4.79 Å². The van der Waals surface area contributed by atoms with Gasteiger partial charge in [-0.1, -0.05) is 5.16 Å². The zero-order valence-corrected chi connectivity index (χ0v) is 12.7. The molecule has 1 aliphatic rings. The number of piperidine rings is 1. The van der Waals surface area contributed by atoms with Gasteiger partial charge in [0.15, 0.2) is 5.69 Å². The molecule has 120 valence electrons. The van der Waals surface area contributed by atoms with Crippen LogP contribution in [0.1, 0.15) is 29.8 Å². The first-order valence-corrected chi connectivity index (χ1v) is 7.39. The summed E-state index contributed by atoms with van der Waals surface area (Å²) in [4.78, 5) is 25.9. The van der Waals surface area contributed by atoms with E-state index in [4.69, 9.17) is 4.74 Å². The highest BCUT2D eigenvalue weighted by molar-refractivity contribution is 6.03. The topological polar surface area (TPSA) is 84.7 Å². The number of anilines is 2. The number of methoxy groups -OCH3 is 1. The van der Waals surface area contributed by atoms with Gasteiger partial charge in [0.05, 0.1) is 12.8 Å². The van der Waals surface area contributed by atoms with Crippen LogP contribution in [0.3, 0.4) is 0 Å². The minimum atomic E-state index is -0.375. The number of carbonyl (C=O) groups is 2. The number of nitrogens with zero attached hydrogens (tertiary/aromatic N) is 2. The van der Waals surface area contributed by atoms with Gasteiger partial charge in [0, 0.05) is 24.7 Å². The molecule has 23 heavy (non-hydrogen) atoms.